The monoisotopic (exact) mass is 279 g/mol. The summed E-state index contributed by atoms with van der Waals surface area (Å²) < 4.78 is 29.7. The molecular weight excluding hydrogens is 268 g/mol. The van der Waals surface area contributed by atoms with Gasteiger partial charge < -0.3 is 9.84 Å². The van der Waals surface area contributed by atoms with Crippen molar-refractivity contribution < 1.29 is 23.4 Å². The maximum absolute atomic E-state index is 12.5. The van der Waals surface area contributed by atoms with Gasteiger partial charge in [-0.3, -0.25) is 9.78 Å². The number of nitrogens with zero attached hydrogens (tertiary/aromatic N) is 1. The van der Waals surface area contributed by atoms with Crippen molar-refractivity contribution in [2.75, 3.05) is 6.61 Å². The Kier molecular flexibility index (Phi) is 5.27. The van der Waals surface area contributed by atoms with Crippen molar-refractivity contribution in [3.63, 3.8) is 0 Å². The van der Waals surface area contributed by atoms with Crippen molar-refractivity contribution in [2.45, 2.75) is 25.7 Å². The number of halogens is 3. The number of rotatable bonds is 5. The number of carbonyl (C=O) groups excluding carboxylic acids is 1. The molecule has 4 nitrogen and oxygen atoms in total. The number of aromatic hydroxyl groups is 1. The van der Waals surface area contributed by atoms with Gasteiger partial charge in [-0.15, -0.1) is 11.6 Å². The first-order valence-corrected chi connectivity index (χ1v) is 5.74. The summed E-state index contributed by atoms with van der Waals surface area (Å²) in [5.41, 5.74) is -0.376. The van der Waals surface area contributed by atoms with Crippen LogP contribution < -0.4 is 0 Å². The highest BCUT2D eigenvalue weighted by atomic mass is 35.5. The molecule has 0 aliphatic rings. The number of hydrogen-bond acceptors (Lipinski definition) is 4. The molecule has 1 N–H and O–H groups in total. The third kappa shape index (κ3) is 3.29. The molecule has 0 aliphatic carbocycles. The first-order chi connectivity index (χ1) is 8.51. The molecule has 7 heteroatoms. The topological polar surface area (TPSA) is 59.4 Å². The number of aromatic nitrogens is 1. The summed E-state index contributed by atoms with van der Waals surface area (Å²) >= 11 is 5.59. The zero-order chi connectivity index (χ0) is 13.7. The van der Waals surface area contributed by atoms with Gasteiger partial charge in [-0.1, -0.05) is 0 Å². The summed E-state index contributed by atoms with van der Waals surface area (Å²) in [6, 6.07) is 0. The van der Waals surface area contributed by atoms with Crippen LogP contribution in [0.15, 0.2) is 6.20 Å². The van der Waals surface area contributed by atoms with Crippen LogP contribution in [-0.4, -0.2) is 22.7 Å². The molecule has 0 saturated heterocycles. The van der Waals surface area contributed by atoms with Crippen LogP contribution in [0.25, 0.3) is 0 Å². The minimum absolute atomic E-state index is 0.0787. The molecule has 1 aromatic heterocycles. The van der Waals surface area contributed by atoms with E-state index in [-0.39, 0.29) is 30.0 Å². The fourth-order valence-electron chi connectivity index (χ4n) is 1.42. The van der Waals surface area contributed by atoms with Gasteiger partial charge in [0.15, 0.2) is 0 Å². The summed E-state index contributed by atoms with van der Waals surface area (Å²) in [5.74, 6) is -1.39. The molecule has 1 heterocycles. The molecule has 100 valence electrons. The van der Waals surface area contributed by atoms with Gasteiger partial charge in [-0.2, -0.15) is 0 Å². The predicted molar refractivity (Wildman–Crippen MR) is 60.8 cm³/mol. The molecule has 0 spiro atoms. The quantitative estimate of drug-likeness (QED) is 0.665. The van der Waals surface area contributed by atoms with Crippen LogP contribution >= 0.6 is 11.6 Å². The Hall–Kier alpha value is -1.43. The fourth-order valence-corrected chi connectivity index (χ4v) is 1.72. The molecule has 18 heavy (non-hydrogen) atoms. The Labute approximate surface area is 108 Å². The van der Waals surface area contributed by atoms with E-state index < -0.39 is 23.8 Å². The molecule has 0 amide bonds. The predicted octanol–water partition coefficient (Wildman–Crippen LogP) is 2.57. The van der Waals surface area contributed by atoms with Gasteiger partial charge in [0, 0.05) is 11.8 Å². The molecule has 1 aromatic rings. The van der Waals surface area contributed by atoms with E-state index in [4.69, 9.17) is 16.3 Å². The van der Waals surface area contributed by atoms with E-state index >= 15 is 0 Å². The molecule has 1 rings (SSSR count). The lowest BCUT2D eigenvalue weighted by molar-refractivity contribution is -0.142. The van der Waals surface area contributed by atoms with Crippen molar-refractivity contribution in [3.05, 3.63) is 23.0 Å². The highest BCUT2D eigenvalue weighted by Crippen LogP contribution is 2.32. The van der Waals surface area contributed by atoms with Gasteiger partial charge in [0.05, 0.1) is 18.9 Å². The Morgan fingerprint density at radius 1 is 1.61 bits per heavy atom. The summed E-state index contributed by atoms with van der Waals surface area (Å²) in [6.45, 7) is 1.86. The molecule has 0 aromatic carbocycles. The Morgan fingerprint density at radius 3 is 2.78 bits per heavy atom. The Balaban J connectivity index is 3.07. The number of ether oxygens (including phenoxy) is 1. The lowest BCUT2D eigenvalue weighted by Gasteiger charge is -2.11. The van der Waals surface area contributed by atoms with Gasteiger partial charge in [-0.25, -0.2) is 8.78 Å². The number of alkyl halides is 3. The average molecular weight is 280 g/mol. The normalized spacial score (nSPS) is 10.7. The van der Waals surface area contributed by atoms with E-state index in [1.807, 2.05) is 0 Å². The van der Waals surface area contributed by atoms with Gasteiger partial charge in [0.1, 0.15) is 11.4 Å². The lowest BCUT2D eigenvalue weighted by atomic mass is 10.1. The Bertz CT molecular complexity index is 441. The third-order valence-electron chi connectivity index (χ3n) is 2.26. The molecule has 0 radical (unpaired) electrons. The molecule has 0 bridgehead atoms. The van der Waals surface area contributed by atoms with Crippen LogP contribution in [0.1, 0.15) is 30.2 Å². The summed E-state index contributed by atoms with van der Waals surface area (Å²) in [6.07, 6.45) is -1.96. The van der Waals surface area contributed by atoms with Gasteiger partial charge in [-0.05, 0) is 12.5 Å². The van der Waals surface area contributed by atoms with Gasteiger partial charge in [0.25, 0.3) is 6.43 Å². The maximum atomic E-state index is 12.5. The summed E-state index contributed by atoms with van der Waals surface area (Å²) in [5, 5.41) is 9.60. The Morgan fingerprint density at radius 2 is 2.28 bits per heavy atom. The minimum Gasteiger partial charge on any atom is -0.505 e. The molecule has 0 unspecified atom stereocenters. The standard InChI is InChI=1S/C11H12ClF2NO3/c1-2-18-8(16)3-6-5-15-9(11(13)14)10(17)7(6)4-12/h5,11,17H,2-4H2,1H3. The molecule has 0 aliphatic heterocycles. The van der Waals surface area contributed by atoms with E-state index in [2.05, 4.69) is 4.98 Å². The summed E-state index contributed by atoms with van der Waals surface area (Å²) in [4.78, 5) is 14.7. The van der Waals surface area contributed by atoms with Crippen molar-refractivity contribution in [1.82, 2.24) is 4.98 Å². The van der Waals surface area contributed by atoms with Crippen LogP contribution in [0.5, 0.6) is 5.75 Å². The second kappa shape index (κ2) is 6.49. The van der Waals surface area contributed by atoms with Crippen molar-refractivity contribution in [3.8, 4) is 5.75 Å². The smallest absolute Gasteiger partial charge is 0.310 e. The highest BCUT2D eigenvalue weighted by Gasteiger charge is 2.21. The first kappa shape index (κ1) is 14.6. The van der Waals surface area contributed by atoms with Crippen LogP contribution in [0.4, 0.5) is 8.78 Å². The fraction of sp³-hybridized carbons (Fsp3) is 0.455. The largest absolute Gasteiger partial charge is 0.505 e. The lowest BCUT2D eigenvalue weighted by Crippen LogP contribution is -2.10. The first-order valence-electron chi connectivity index (χ1n) is 5.20. The SMILES string of the molecule is CCOC(=O)Cc1cnc(C(F)F)c(O)c1CCl. The van der Waals surface area contributed by atoms with Crippen LogP contribution in [0.2, 0.25) is 0 Å². The van der Waals surface area contributed by atoms with Crippen LogP contribution in [0, 0.1) is 0 Å². The maximum Gasteiger partial charge on any atom is 0.310 e. The zero-order valence-electron chi connectivity index (χ0n) is 9.62. The van der Waals surface area contributed by atoms with Gasteiger partial charge >= 0.3 is 5.97 Å². The zero-order valence-corrected chi connectivity index (χ0v) is 10.4. The van der Waals surface area contributed by atoms with Crippen LogP contribution in [-0.2, 0) is 21.8 Å². The van der Waals surface area contributed by atoms with Crippen molar-refractivity contribution >= 4 is 17.6 Å². The molecular formula is C11H12ClF2NO3. The van der Waals surface area contributed by atoms with E-state index in [9.17, 15) is 18.7 Å². The number of pyridine rings is 1. The van der Waals surface area contributed by atoms with E-state index in [1.54, 1.807) is 6.92 Å². The molecule has 0 atom stereocenters. The number of esters is 1. The van der Waals surface area contributed by atoms with Crippen molar-refractivity contribution in [2.24, 2.45) is 0 Å². The second-order valence-electron chi connectivity index (χ2n) is 3.41. The highest BCUT2D eigenvalue weighted by molar-refractivity contribution is 6.17. The van der Waals surface area contributed by atoms with Gasteiger partial charge in [0.2, 0.25) is 0 Å². The molecule has 0 fully saturated rings. The van der Waals surface area contributed by atoms with E-state index in [0.717, 1.165) is 6.20 Å². The minimum atomic E-state index is -2.90. The van der Waals surface area contributed by atoms with E-state index in [0.29, 0.717) is 0 Å². The average Bonchev–Trinajstić information content (AvgIpc) is 2.29. The second-order valence-corrected chi connectivity index (χ2v) is 3.68. The van der Waals surface area contributed by atoms with Crippen molar-refractivity contribution in [1.29, 1.82) is 0 Å². The van der Waals surface area contributed by atoms with Crippen LogP contribution in [0.3, 0.4) is 0 Å². The van der Waals surface area contributed by atoms with E-state index in [1.165, 1.54) is 0 Å². The summed E-state index contributed by atoms with van der Waals surface area (Å²) in [7, 11) is 0. The number of carbonyl (C=O) groups is 1. The number of hydrogen-bond donors (Lipinski definition) is 1. The molecule has 0 saturated carbocycles. The third-order valence-corrected chi connectivity index (χ3v) is 2.52.